The van der Waals surface area contributed by atoms with E-state index in [1.54, 1.807) is 0 Å². The summed E-state index contributed by atoms with van der Waals surface area (Å²) in [5, 5.41) is 0. The van der Waals surface area contributed by atoms with Gasteiger partial charge in [-0.25, -0.2) is 0 Å². The van der Waals surface area contributed by atoms with Crippen molar-refractivity contribution in [3.8, 4) is 0 Å². The van der Waals surface area contributed by atoms with Crippen molar-refractivity contribution in [3.05, 3.63) is 11.6 Å². The van der Waals surface area contributed by atoms with Crippen LogP contribution in [0.1, 0.15) is 47.0 Å². The molecule has 114 valence electrons. The van der Waals surface area contributed by atoms with E-state index in [9.17, 15) is 0 Å². The monoisotopic (exact) mass is 279 g/mol. The fraction of sp³-hybridized carbons (Fsp3) is 0.750. The van der Waals surface area contributed by atoms with E-state index in [0.717, 1.165) is 25.0 Å². The molecule has 0 radical (unpaired) electrons. The summed E-state index contributed by atoms with van der Waals surface area (Å²) in [5.74, 6) is 0. The Morgan fingerprint density at radius 3 is 2.65 bits per heavy atom. The molecule has 0 fully saturated rings. The quantitative estimate of drug-likeness (QED) is 0.760. The van der Waals surface area contributed by atoms with Crippen LogP contribution in [0.15, 0.2) is 21.6 Å². The molecule has 0 saturated carbocycles. The second kappa shape index (κ2) is 8.32. The molecular formula is C16H29N3O. The minimum absolute atomic E-state index is 0.00834. The molecule has 0 unspecified atom stereocenters. The Morgan fingerprint density at radius 2 is 2.15 bits per heavy atom. The van der Waals surface area contributed by atoms with Crippen LogP contribution in [0.3, 0.4) is 0 Å². The van der Waals surface area contributed by atoms with Gasteiger partial charge in [-0.2, -0.15) is 0 Å². The van der Waals surface area contributed by atoms with Gasteiger partial charge >= 0.3 is 0 Å². The standard InChI is InChI=1S/C16H29N3O/c1-6-13(7-2)20-15-10-12(11(4)18-5)9-14(17)16(15)19-8-3/h8,10,13-16H,6-7,9,17H2,1-5H3/t14-,15+,16+/m0/s1. The molecule has 0 aromatic rings. The Labute approximate surface area is 123 Å². The summed E-state index contributed by atoms with van der Waals surface area (Å²) in [6.07, 6.45) is 7.04. The summed E-state index contributed by atoms with van der Waals surface area (Å²) in [7, 11) is 1.81. The normalized spacial score (nSPS) is 28.2. The van der Waals surface area contributed by atoms with E-state index in [4.69, 9.17) is 10.5 Å². The number of rotatable bonds is 6. The average Bonchev–Trinajstić information content (AvgIpc) is 2.46. The van der Waals surface area contributed by atoms with Gasteiger partial charge in [0.25, 0.3) is 0 Å². The van der Waals surface area contributed by atoms with E-state index in [-0.39, 0.29) is 24.3 Å². The molecule has 4 heteroatoms. The molecule has 0 saturated heterocycles. The fourth-order valence-corrected chi connectivity index (χ4v) is 2.59. The Bertz CT molecular complexity index is 383. The highest BCUT2D eigenvalue weighted by Gasteiger charge is 2.32. The molecule has 1 rings (SSSR count). The molecule has 3 atom stereocenters. The molecule has 0 bridgehead atoms. The fourth-order valence-electron chi connectivity index (χ4n) is 2.59. The van der Waals surface area contributed by atoms with Gasteiger partial charge in [0.1, 0.15) is 6.10 Å². The lowest BCUT2D eigenvalue weighted by Gasteiger charge is -2.34. The molecule has 1 aliphatic carbocycles. The molecule has 4 nitrogen and oxygen atoms in total. The third-order valence-corrected chi connectivity index (χ3v) is 3.98. The van der Waals surface area contributed by atoms with Crippen molar-refractivity contribution < 1.29 is 4.74 Å². The third kappa shape index (κ3) is 4.25. The SMILES string of the molecule is CC=N[C@@H]1[C@@H](N)CC(C(C)=NC)=C[C@H]1OC(CC)CC. The molecule has 1 aliphatic rings. The van der Waals surface area contributed by atoms with Crippen LogP contribution in [0.2, 0.25) is 0 Å². The molecule has 20 heavy (non-hydrogen) atoms. The van der Waals surface area contributed by atoms with Gasteiger partial charge in [0.2, 0.25) is 0 Å². The number of aliphatic imine (C=N–C) groups is 2. The van der Waals surface area contributed by atoms with Gasteiger partial charge in [-0.1, -0.05) is 13.8 Å². The highest BCUT2D eigenvalue weighted by molar-refractivity contribution is 5.98. The van der Waals surface area contributed by atoms with E-state index < -0.39 is 0 Å². The highest BCUT2D eigenvalue weighted by atomic mass is 16.5. The number of nitrogens with two attached hydrogens (primary N) is 1. The van der Waals surface area contributed by atoms with Crippen LogP contribution in [0, 0.1) is 0 Å². The van der Waals surface area contributed by atoms with Gasteiger partial charge in [-0.05, 0) is 51.0 Å². The Morgan fingerprint density at radius 1 is 1.50 bits per heavy atom. The first kappa shape index (κ1) is 17.1. The Balaban J connectivity index is 3.01. The van der Waals surface area contributed by atoms with Crippen molar-refractivity contribution in [2.45, 2.75) is 71.2 Å². The van der Waals surface area contributed by atoms with E-state index in [0.29, 0.717) is 0 Å². The smallest absolute Gasteiger partial charge is 0.100 e. The maximum Gasteiger partial charge on any atom is 0.100 e. The first-order valence-corrected chi connectivity index (χ1v) is 7.60. The van der Waals surface area contributed by atoms with Crippen LogP contribution in [-0.2, 0) is 4.74 Å². The lowest BCUT2D eigenvalue weighted by molar-refractivity contribution is -0.00890. The molecule has 0 amide bonds. The van der Waals surface area contributed by atoms with Crippen LogP contribution in [0.5, 0.6) is 0 Å². The lowest BCUT2D eigenvalue weighted by Crippen LogP contribution is -2.47. The van der Waals surface area contributed by atoms with E-state index in [2.05, 4.69) is 29.9 Å². The van der Waals surface area contributed by atoms with Crippen LogP contribution in [-0.4, -0.2) is 43.3 Å². The van der Waals surface area contributed by atoms with Crippen molar-refractivity contribution >= 4 is 11.9 Å². The summed E-state index contributed by atoms with van der Waals surface area (Å²) in [6.45, 7) is 8.26. The zero-order valence-corrected chi connectivity index (χ0v) is 13.5. The van der Waals surface area contributed by atoms with Gasteiger partial charge in [0, 0.05) is 18.8 Å². The van der Waals surface area contributed by atoms with Crippen LogP contribution in [0.25, 0.3) is 0 Å². The molecule has 0 aromatic heterocycles. The second-order valence-electron chi connectivity index (χ2n) is 5.31. The molecule has 2 N–H and O–H groups in total. The van der Waals surface area contributed by atoms with Gasteiger partial charge in [-0.15, -0.1) is 0 Å². The highest BCUT2D eigenvalue weighted by Crippen LogP contribution is 2.25. The number of ether oxygens (including phenoxy) is 1. The zero-order chi connectivity index (χ0) is 15.1. The molecule has 0 spiro atoms. The van der Waals surface area contributed by atoms with Crippen molar-refractivity contribution in [1.29, 1.82) is 0 Å². The molecule has 0 aliphatic heterocycles. The second-order valence-corrected chi connectivity index (χ2v) is 5.31. The van der Waals surface area contributed by atoms with Crippen molar-refractivity contribution in [2.24, 2.45) is 15.7 Å². The molecule has 0 aromatic carbocycles. The minimum Gasteiger partial charge on any atom is -0.369 e. The molecular weight excluding hydrogens is 250 g/mol. The predicted molar refractivity (Wildman–Crippen MR) is 86.9 cm³/mol. The third-order valence-electron chi connectivity index (χ3n) is 3.98. The van der Waals surface area contributed by atoms with Crippen molar-refractivity contribution in [2.75, 3.05) is 7.05 Å². The van der Waals surface area contributed by atoms with E-state index in [1.165, 1.54) is 5.57 Å². The van der Waals surface area contributed by atoms with Crippen molar-refractivity contribution in [1.82, 2.24) is 0 Å². The van der Waals surface area contributed by atoms with Gasteiger partial charge in [-0.3, -0.25) is 9.98 Å². The van der Waals surface area contributed by atoms with Crippen LogP contribution >= 0.6 is 0 Å². The number of hydrogen-bond acceptors (Lipinski definition) is 4. The maximum atomic E-state index is 6.31. The van der Waals surface area contributed by atoms with Crippen LogP contribution < -0.4 is 5.73 Å². The van der Waals surface area contributed by atoms with E-state index >= 15 is 0 Å². The Hall–Kier alpha value is -1.00. The summed E-state index contributed by atoms with van der Waals surface area (Å²) < 4.78 is 6.23. The Kier molecular flexibility index (Phi) is 7.10. The van der Waals surface area contributed by atoms with Crippen molar-refractivity contribution in [3.63, 3.8) is 0 Å². The first-order valence-electron chi connectivity index (χ1n) is 7.60. The number of nitrogens with zero attached hydrogens (tertiary/aromatic N) is 2. The molecule has 0 heterocycles. The summed E-state index contributed by atoms with van der Waals surface area (Å²) in [5.41, 5.74) is 8.54. The van der Waals surface area contributed by atoms with Crippen LogP contribution in [0.4, 0.5) is 0 Å². The predicted octanol–water partition coefficient (Wildman–Crippen LogP) is 2.77. The van der Waals surface area contributed by atoms with E-state index in [1.807, 2.05) is 27.1 Å². The summed E-state index contributed by atoms with van der Waals surface area (Å²) in [4.78, 5) is 8.80. The van der Waals surface area contributed by atoms with Gasteiger partial charge in [0.05, 0.1) is 12.1 Å². The number of hydrogen-bond donors (Lipinski definition) is 1. The maximum absolute atomic E-state index is 6.31. The largest absolute Gasteiger partial charge is 0.369 e. The first-order chi connectivity index (χ1) is 9.57. The summed E-state index contributed by atoms with van der Waals surface area (Å²) >= 11 is 0. The zero-order valence-electron chi connectivity index (χ0n) is 13.5. The minimum atomic E-state index is -0.0495. The lowest BCUT2D eigenvalue weighted by atomic mass is 9.87. The topological polar surface area (TPSA) is 60.0 Å². The summed E-state index contributed by atoms with van der Waals surface area (Å²) in [6, 6.07) is -0.00346. The van der Waals surface area contributed by atoms with Gasteiger partial charge in [0.15, 0.2) is 0 Å². The average molecular weight is 279 g/mol. The van der Waals surface area contributed by atoms with Gasteiger partial charge < -0.3 is 10.5 Å².